The van der Waals surface area contributed by atoms with Gasteiger partial charge in [0.25, 0.3) is 5.56 Å². The Balaban J connectivity index is 1.65. The SMILES string of the molecule is CCn1c(C)c(/C=N\Nc2nc(-c3ccccc3)cc(=O)[nH]2)c2ccccc21. The first-order valence-electron chi connectivity index (χ1n) is 9.21. The molecule has 0 atom stereocenters. The molecule has 2 N–H and O–H groups in total. The second-order valence-corrected chi connectivity index (χ2v) is 6.48. The Hall–Kier alpha value is -3.67. The van der Waals surface area contributed by atoms with E-state index in [-0.39, 0.29) is 5.56 Å². The second kappa shape index (κ2) is 7.52. The van der Waals surface area contributed by atoms with Gasteiger partial charge in [-0.25, -0.2) is 10.4 Å². The molecule has 4 aromatic rings. The van der Waals surface area contributed by atoms with Crippen LogP contribution in [0.3, 0.4) is 0 Å². The molecular formula is C22H21N5O. The van der Waals surface area contributed by atoms with Crippen molar-refractivity contribution in [2.24, 2.45) is 5.10 Å². The number of H-pyrrole nitrogens is 1. The Morgan fingerprint density at radius 1 is 1.14 bits per heavy atom. The van der Waals surface area contributed by atoms with Crippen LogP contribution in [0.15, 0.2) is 70.6 Å². The van der Waals surface area contributed by atoms with Gasteiger partial charge in [-0.05, 0) is 19.9 Å². The first kappa shape index (κ1) is 17.7. The van der Waals surface area contributed by atoms with Crippen molar-refractivity contribution in [3.63, 3.8) is 0 Å². The number of aryl methyl sites for hydroxylation is 1. The highest BCUT2D eigenvalue weighted by Crippen LogP contribution is 2.24. The molecule has 0 spiro atoms. The van der Waals surface area contributed by atoms with Crippen LogP contribution in [0.4, 0.5) is 5.95 Å². The molecule has 0 aliphatic rings. The molecule has 0 amide bonds. The third-order valence-electron chi connectivity index (χ3n) is 4.77. The first-order chi connectivity index (χ1) is 13.7. The van der Waals surface area contributed by atoms with Gasteiger partial charge >= 0.3 is 0 Å². The fourth-order valence-electron chi connectivity index (χ4n) is 3.45. The molecule has 0 bridgehead atoms. The number of hydrogen-bond donors (Lipinski definition) is 2. The highest BCUT2D eigenvalue weighted by Gasteiger charge is 2.11. The van der Waals surface area contributed by atoms with Gasteiger partial charge in [0.05, 0.1) is 11.9 Å². The molecule has 2 aromatic heterocycles. The van der Waals surface area contributed by atoms with Crippen LogP contribution in [-0.4, -0.2) is 20.7 Å². The standard InChI is InChI=1S/C22H21N5O/c1-3-27-15(2)18(17-11-7-8-12-20(17)27)14-23-26-22-24-19(13-21(28)25-22)16-9-5-4-6-10-16/h4-14H,3H2,1-2H3,(H2,24,25,26,28)/b23-14-. The number of fused-ring (bicyclic) bond motifs is 1. The van der Waals surface area contributed by atoms with E-state index in [1.54, 1.807) is 6.21 Å². The van der Waals surface area contributed by atoms with Crippen molar-refractivity contribution in [3.05, 3.63) is 82.3 Å². The van der Waals surface area contributed by atoms with Crippen LogP contribution in [0, 0.1) is 6.92 Å². The van der Waals surface area contributed by atoms with Crippen molar-refractivity contribution >= 4 is 23.1 Å². The van der Waals surface area contributed by atoms with Crippen LogP contribution in [0.1, 0.15) is 18.2 Å². The van der Waals surface area contributed by atoms with E-state index in [1.807, 2.05) is 42.5 Å². The zero-order valence-electron chi connectivity index (χ0n) is 15.8. The van der Waals surface area contributed by atoms with Crippen molar-refractivity contribution in [1.29, 1.82) is 0 Å². The quantitative estimate of drug-likeness (QED) is 0.408. The lowest BCUT2D eigenvalue weighted by Gasteiger charge is -2.04. The number of hydrazone groups is 1. The number of aromatic nitrogens is 3. The summed E-state index contributed by atoms with van der Waals surface area (Å²) in [4.78, 5) is 19.1. The van der Waals surface area contributed by atoms with Gasteiger partial charge < -0.3 is 4.57 Å². The van der Waals surface area contributed by atoms with Crippen LogP contribution in [0.5, 0.6) is 0 Å². The maximum Gasteiger partial charge on any atom is 0.252 e. The van der Waals surface area contributed by atoms with Crippen LogP contribution in [-0.2, 0) is 6.54 Å². The van der Waals surface area contributed by atoms with Gasteiger partial charge in [-0.3, -0.25) is 9.78 Å². The average molecular weight is 371 g/mol. The molecule has 2 heterocycles. The number of nitrogens with one attached hydrogen (secondary N) is 2. The first-order valence-corrected chi connectivity index (χ1v) is 9.21. The highest BCUT2D eigenvalue weighted by molar-refractivity contribution is 6.01. The minimum Gasteiger partial charge on any atom is -0.344 e. The molecule has 6 nitrogen and oxygen atoms in total. The third kappa shape index (κ3) is 3.32. The molecule has 0 unspecified atom stereocenters. The van der Waals surface area contributed by atoms with Gasteiger partial charge in [0.2, 0.25) is 5.95 Å². The maximum atomic E-state index is 12.0. The van der Waals surface area contributed by atoms with Gasteiger partial charge in [0.1, 0.15) is 0 Å². The molecule has 2 aromatic carbocycles. The lowest BCUT2D eigenvalue weighted by atomic mass is 10.1. The van der Waals surface area contributed by atoms with Crippen molar-refractivity contribution in [1.82, 2.24) is 14.5 Å². The fraction of sp³-hybridized carbons (Fsp3) is 0.136. The third-order valence-corrected chi connectivity index (χ3v) is 4.77. The summed E-state index contributed by atoms with van der Waals surface area (Å²) < 4.78 is 2.26. The molecule has 0 saturated heterocycles. The highest BCUT2D eigenvalue weighted by atomic mass is 16.1. The van der Waals surface area contributed by atoms with Gasteiger partial charge in [0.15, 0.2) is 0 Å². The van der Waals surface area contributed by atoms with Crippen LogP contribution in [0.2, 0.25) is 0 Å². The summed E-state index contributed by atoms with van der Waals surface area (Å²) in [6.45, 7) is 5.10. The topological polar surface area (TPSA) is 75.1 Å². The van der Waals surface area contributed by atoms with E-state index in [0.29, 0.717) is 11.6 Å². The number of benzene rings is 2. The predicted molar refractivity (Wildman–Crippen MR) is 114 cm³/mol. The minimum atomic E-state index is -0.231. The molecule has 0 aliphatic carbocycles. The number of nitrogens with zero attached hydrogens (tertiary/aromatic N) is 3. The Morgan fingerprint density at radius 3 is 2.68 bits per heavy atom. The van der Waals surface area contributed by atoms with Crippen molar-refractivity contribution < 1.29 is 0 Å². The minimum absolute atomic E-state index is 0.231. The van der Waals surface area contributed by atoms with Crippen molar-refractivity contribution in [2.75, 3.05) is 5.43 Å². The van der Waals surface area contributed by atoms with E-state index >= 15 is 0 Å². The Kier molecular flexibility index (Phi) is 4.76. The van der Waals surface area contributed by atoms with Crippen molar-refractivity contribution in [2.45, 2.75) is 20.4 Å². The monoisotopic (exact) mass is 371 g/mol. The van der Waals surface area contributed by atoms with E-state index in [2.05, 4.69) is 51.0 Å². The Morgan fingerprint density at radius 2 is 1.89 bits per heavy atom. The van der Waals surface area contributed by atoms with E-state index < -0.39 is 0 Å². The molecule has 4 rings (SSSR count). The van der Waals surface area contributed by atoms with Crippen LogP contribution >= 0.6 is 0 Å². The van der Waals surface area contributed by atoms with Crippen molar-refractivity contribution in [3.8, 4) is 11.3 Å². The van der Waals surface area contributed by atoms with Gasteiger partial charge in [-0.2, -0.15) is 5.10 Å². The lowest BCUT2D eigenvalue weighted by molar-refractivity contribution is 0.769. The van der Waals surface area contributed by atoms with E-state index in [4.69, 9.17) is 0 Å². The Labute approximate surface area is 162 Å². The Bertz CT molecular complexity index is 1200. The second-order valence-electron chi connectivity index (χ2n) is 6.48. The number of aromatic amines is 1. The van der Waals surface area contributed by atoms with Gasteiger partial charge in [0, 0.05) is 40.3 Å². The molecule has 0 aliphatic heterocycles. The normalized spacial score (nSPS) is 11.4. The zero-order valence-corrected chi connectivity index (χ0v) is 15.8. The van der Waals surface area contributed by atoms with Gasteiger partial charge in [-0.1, -0.05) is 48.5 Å². The zero-order chi connectivity index (χ0) is 19.5. The maximum absolute atomic E-state index is 12.0. The summed E-state index contributed by atoms with van der Waals surface area (Å²) in [7, 11) is 0. The lowest BCUT2D eigenvalue weighted by Crippen LogP contribution is -2.10. The van der Waals surface area contributed by atoms with E-state index in [0.717, 1.165) is 28.8 Å². The molecule has 140 valence electrons. The average Bonchev–Trinajstić information content (AvgIpc) is 2.99. The summed E-state index contributed by atoms with van der Waals surface area (Å²) in [5, 5.41) is 5.47. The molecule has 6 heteroatoms. The number of anilines is 1. The number of rotatable bonds is 5. The van der Waals surface area contributed by atoms with E-state index in [9.17, 15) is 4.79 Å². The predicted octanol–water partition coefficient (Wildman–Crippen LogP) is 4.17. The van der Waals surface area contributed by atoms with Crippen LogP contribution < -0.4 is 11.0 Å². The van der Waals surface area contributed by atoms with E-state index in [1.165, 1.54) is 11.6 Å². The fourth-order valence-corrected chi connectivity index (χ4v) is 3.45. The molecule has 28 heavy (non-hydrogen) atoms. The summed E-state index contributed by atoms with van der Waals surface area (Å²) in [6.07, 6.45) is 1.78. The molecule has 0 saturated carbocycles. The smallest absolute Gasteiger partial charge is 0.252 e. The number of hydrogen-bond acceptors (Lipinski definition) is 4. The molecule has 0 radical (unpaired) electrons. The molecule has 0 fully saturated rings. The summed E-state index contributed by atoms with van der Waals surface area (Å²) >= 11 is 0. The summed E-state index contributed by atoms with van der Waals surface area (Å²) in [6, 6.07) is 19.3. The van der Waals surface area contributed by atoms with Gasteiger partial charge in [-0.15, -0.1) is 0 Å². The van der Waals surface area contributed by atoms with Crippen LogP contribution in [0.25, 0.3) is 22.2 Å². The largest absolute Gasteiger partial charge is 0.344 e. The summed E-state index contributed by atoms with van der Waals surface area (Å²) in [5.41, 5.74) is 7.48. The molecular weight excluding hydrogens is 350 g/mol. The number of para-hydroxylation sites is 1. The summed E-state index contributed by atoms with van der Waals surface area (Å²) in [5.74, 6) is 0.305.